The molecule has 3 fully saturated rings. The van der Waals surface area contributed by atoms with Gasteiger partial charge in [-0.3, -0.25) is 0 Å². The van der Waals surface area contributed by atoms with Crippen LogP contribution in [0.3, 0.4) is 0 Å². The second kappa shape index (κ2) is 10.9. The molecule has 0 aliphatic carbocycles. The molecule has 0 bridgehead atoms. The summed E-state index contributed by atoms with van der Waals surface area (Å²) < 4.78 is 42.1. The van der Waals surface area contributed by atoms with Gasteiger partial charge < -0.3 is 0 Å². The number of rotatable bonds is 12. The Hall–Kier alpha value is 0.559. The minimum absolute atomic E-state index is 0.188. The first kappa shape index (κ1) is 26.2. The van der Waals surface area contributed by atoms with Gasteiger partial charge in [0, 0.05) is 0 Å². The van der Waals surface area contributed by atoms with Crippen molar-refractivity contribution < 1.29 is 26.8 Å². The van der Waals surface area contributed by atoms with Crippen molar-refractivity contribution in [3.05, 3.63) is 0 Å². The minimum atomic E-state index is -2.73. The van der Waals surface area contributed by atoms with Crippen LogP contribution in [0.25, 0.3) is 0 Å². The molecule has 0 spiro atoms. The molecular weight excluding hydrogens is 503 g/mol. The predicted octanol–water partition coefficient (Wildman–Crippen LogP) is 5.75. The summed E-state index contributed by atoms with van der Waals surface area (Å²) >= 11 is -2.73. The molecule has 182 valence electrons. The van der Waals surface area contributed by atoms with Gasteiger partial charge in [-0.1, -0.05) is 0 Å². The summed E-state index contributed by atoms with van der Waals surface area (Å²) in [5.74, 6) is -1.34. The van der Waals surface area contributed by atoms with Gasteiger partial charge in [-0.05, 0) is 0 Å². The van der Waals surface area contributed by atoms with E-state index in [0.29, 0.717) is 6.61 Å². The predicted molar refractivity (Wildman–Crippen MR) is 123 cm³/mol. The molecule has 0 saturated carbocycles. The quantitative estimate of drug-likeness (QED) is 0.290. The van der Waals surface area contributed by atoms with E-state index in [4.69, 9.17) is 26.8 Å². The van der Waals surface area contributed by atoms with Crippen molar-refractivity contribution in [2.75, 3.05) is 6.61 Å². The summed E-state index contributed by atoms with van der Waals surface area (Å²) in [6.07, 6.45) is 6.26. The second-order valence-electron chi connectivity index (χ2n) is 10.5. The van der Waals surface area contributed by atoms with E-state index in [0.717, 1.165) is 0 Å². The number of fused-ring (bicyclic) bond motifs is 3. The van der Waals surface area contributed by atoms with Crippen molar-refractivity contribution in [3.63, 3.8) is 0 Å². The standard InChI is InChI=1S/C12H19O6.3C4H9.Sn/c1-11(2)15-7-6(5-13)14-10-9(8(7)16-11)17-12(3,4)18-10;3*1-3-4-2;/h6-10H,5H2,1-4H3;3*1,3-4H2,2H3;/q-1;;;;+1/t6-,7+,8+,9-,10-;;;;/m1..../s1. The summed E-state index contributed by atoms with van der Waals surface area (Å²) in [5, 5.41) is 0. The molecule has 0 amide bonds. The average Bonchev–Trinajstić information content (AvgIpc) is 3.20. The third-order valence-corrected chi connectivity index (χ3v) is 19.8. The number of hydrogen-bond donors (Lipinski definition) is 0. The molecule has 3 rings (SSSR count). The molecule has 3 aliphatic heterocycles. The van der Waals surface area contributed by atoms with Crippen molar-refractivity contribution in [2.45, 2.75) is 143 Å². The van der Waals surface area contributed by atoms with Gasteiger partial charge in [-0.15, -0.1) is 0 Å². The van der Waals surface area contributed by atoms with Crippen LogP contribution in [0.1, 0.15) is 87.0 Å². The van der Waals surface area contributed by atoms with Crippen LogP contribution in [0, 0.1) is 0 Å². The molecule has 7 heteroatoms. The van der Waals surface area contributed by atoms with Crippen LogP contribution in [-0.2, 0) is 26.8 Å². The van der Waals surface area contributed by atoms with Gasteiger partial charge in [0.2, 0.25) is 0 Å². The Kier molecular flexibility index (Phi) is 9.18. The Labute approximate surface area is 194 Å². The number of unbranched alkanes of at least 4 members (excludes halogenated alkanes) is 3. The third kappa shape index (κ3) is 6.58. The zero-order valence-electron chi connectivity index (χ0n) is 20.9. The second-order valence-corrected chi connectivity index (χ2v) is 22.4. The van der Waals surface area contributed by atoms with Gasteiger partial charge in [0.25, 0.3) is 0 Å². The molecule has 5 atom stereocenters. The van der Waals surface area contributed by atoms with Gasteiger partial charge in [-0.2, -0.15) is 0 Å². The fourth-order valence-corrected chi connectivity index (χ4v) is 18.6. The van der Waals surface area contributed by atoms with E-state index in [9.17, 15) is 0 Å². The fraction of sp³-hybridized carbons (Fsp3) is 1.00. The van der Waals surface area contributed by atoms with Crippen LogP contribution in [0.4, 0.5) is 0 Å². The fourth-order valence-electron chi connectivity index (χ4n) is 5.17. The van der Waals surface area contributed by atoms with Crippen molar-refractivity contribution >= 4 is 18.8 Å². The molecule has 0 aromatic carbocycles. The molecule has 0 radical (unpaired) electrons. The first-order valence-electron chi connectivity index (χ1n) is 12.6. The molecule has 0 aromatic heterocycles. The van der Waals surface area contributed by atoms with Crippen LogP contribution in [0.5, 0.6) is 0 Å². The molecule has 0 aromatic rings. The number of ether oxygens (including phenoxy) is 5. The van der Waals surface area contributed by atoms with Gasteiger partial charge in [0.1, 0.15) is 0 Å². The zero-order chi connectivity index (χ0) is 22.7. The normalized spacial score (nSPS) is 34.0. The van der Waals surface area contributed by atoms with Gasteiger partial charge in [0.15, 0.2) is 0 Å². The van der Waals surface area contributed by atoms with E-state index in [1.54, 1.807) is 0 Å². The van der Waals surface area contributed by atoms with E-state index in [-0.39, 0.29) is 24.4 Å². The van der Waals surface area contributed by atoms with E-state index in [2.05, 4.69) is 20.8 Å². The van der Waals surface area contributed by atoms with Gasteiger partial charge in [0.05, 0.1) is 0 Å². The summed E-state index contributed by atoms with van der Waals surface area (Å²) in [6.45, 7) is 15.2. The van der Waals surface area contributed by atoms with E-state index < -0.39 is 36.7 Å². The molecular formula is C24H46O6Sn. The van der Waals surface area contributed by atoms with Crippen LogP contribution < -0.4 is 0 Å². The van der Waals surface area contributed by atoms with Gasteiger partial charge in [-0.25, -0.2) is 0 Å². The maximum atomic E-state index is 7.01. The van der Waals surface area contributed by atoms with Crippen molar-refractivity contribution in [1.82, 2.24) is 0 Å². The Morgan fingerprint density at radius 2 is 1.16 bits per heavy atom. The molecule has 0 unspecified atom stereocenters. The van der Waals surface area contributed by atoms with Gasteiger partial charge >= 0.3 is 195 Å². The first-order valence-corrected chi connectivity index (χ1v) is 19.9. The molecule has 3 heterocycles. The SMILES string of the molecule is CCC[CH2][Sn]([CH2]CCC)([CH2]CCC)[O]C[C@H]1O[C@@H]2OC(C)(C)O[C@@H]2[C@H]2OC(C)(C)O[C@H]21. The third-order valence-electron chi connectivity index (χ3n) is 6.76. The monoisotopic (exact) mass is 550 g/mol. The van der Waals surface area contributed by atoms with E-state index in [1.165, 1.54) is 51.8 Å². The average molecular weight is 549 g/mol. The van der Waals surface area contributed by atoms with Crippen molar-refractivity contribution in [2.24, 2.45) is 0 Å². The van der Waals surface area contributed by atoms with Crippen LogP contribution >= 0.6 is 0 Å². The summed E-state index contributed by atoms with van der Waals surface area (Å²) in [5.41, 5.74) is 0. The topological polar surface area (TPSA) is 55.4 Å². The maximum absolute atomic E-state index is 7.01. The van der Waals surface area contributed by atoms with E-state index >= 15 is 0 Å². The molecule has 31 heavy (non-hydrogen) atoms. The Morgan fingerprint density at radius 1 is 0.677 bits per heavy atom. The summed E-state index contributed by atoms with van der Waals surface area (Å²) in [4.78, 5) is 0. The van der Waals surface area contributed by atoms with Crippen molar-refractivity contribution in [3.8, 4) is 0 Å². The van der Waals surface area contributed by atoms with Crippen LogP contribution in [0.15, 0.2) is 0 Å². The summed E-state index contributed by atoms with van der Waals surface area (Å²) in [7, 11) is 0. The molecule has 0 N–H and O–H groups in total. The Morgan fingerprint density at radius 3 is 1.71 bits per heavy atom. The van der Waals surface area contributed by atoms with Crippen molar-refractivity contribution in [1.29, 1.82) is 0 Å². The van der Waals surface area contributed by atoms with E-state index in [1.807, 2.05) is 27.7 Å². The molecule has 3 aliphatic rings. The zero-order valence-corrected chi connectivity index (χ0v) is 23.8. The Bertz CT molecular complexity index is 546. The van der Waals surface area contributed by atoms with Crippen LogP contribution in [0.2, 0.25) is 13.3 Å². The molecule has 3 saturated heterocycles. The first-order chi connectivity index (χ1) is 14.6. The number of hydrogen-bond acceptors (Lipinski definition) is 6. The van der Waals surface area contributed by atoms with Crippen LogP contribution in [-0.4, -0.2) is 67.7 Å². The summed E-state index contributed by atoms with van der Waals surface area (Å²) in [6, 6.07) is 0. The Balaban J connectivity index is 1.74. The molecule has 6 nitrogen and oxygen atoms in total.